The number of hydrogen-bond acceptors (Lipinski definition) is 5. The van der Waals surface area contributed by atoms with E-state index in [0.29, 0.717) is 43.2 Å². The van der Waals surface area contributed by atoms with Gasteiger partial charge in [0.15, 0.2) is 0 Å². The van der Waals surface area contributed by atoms with Crippen LogP contribution in [-0.4, -0.2) is 42.3 Å². The highest BCUT2D eigenvalue weighted by Gasteiger charge is 2.39. The molecule has 4 atom stereocenters. The molecule has 0 heterocycles. The second-order valence-corrected chi connectivity index (χ2v) is 15.5. The molecule has 272 valence electrons. The van der Waals surface area contributed by atoms with Crippen molar-refractivity contribution in [2.24, 2.45) is 5.73 Å². The lowest BCUT2D eigenvalue weighted by atomic mass is 9.75. The maximum absolute atomic E-state index is 13.1. The van der Waals surface area contributed by atoms with E-state index in [1.807, 2.05) is 52.0 Å². The zero-order chi connectivity index (χ0) is 36.1. The van der Waals surface area contributed by atoms with Crippen molar-refractivity contribution in [3.05, 3.63) is 106 Å². The number of hydrogen-bond donors (Lipinski definition) is 4. The predicted molar refractivity (Wildman–Crippen MR) is 206 cm³/mol. The van der Waals surface area contributed by atoms with Crippen molar-refractivity contribution in [3.63, 3.8) is 0 Å². The molecule has 0 radical (unpaired) electrons. The molecule has 1 saturated carbocycles. The topological polar surface area (TPSA) is 105 Å². The first kappa shape index (κ1) is 39.4. The number of carbonyl (C=O) groups excluding carboxylic acids is 2. The van der Waals surface area contributed by atoms with Crippen LogP contribution in [0.1, 0.15) is 127 Å². The highest BCUT2D eigenvalue weighted by atomic mass is 35.5. The van der Waals surface area contributed by atoms with Gasteiger partial charge in [-0.3, -0.25) is 10.1 Å². The molecule has 50 heavy (non-hydrogen) atoms. The monoisotopic (exact) mass is 702 g/mol. The summed E-state index contributed by atoms with van der Waals surface area (Å²) >= 11 is 7.04. The van der Waals surface area contributed by atoms with Gasteiger partial charge in [-0.25, -0.2) is 4.79 Å². The molecule has 4 rings (SSSR count). The van der Waals surface area contributed by atoms with Gasteiger partial charge in [-0.05, 0) is 107 Å². The van der Waals surface area contributed by atoms with Crippen molar-refractivity contribution in [2.75, 3.05) is 6.54 Å². The Bertz CT molecular complexity index is 1480. The number of halogens is 1. The molecule has 1 fully saturated rings. The largest absolute Gasteiger partial charge is 0.444 e. The summed E-state index contributed by atoms with van der Waals surface area (Å²) in [6.07, 6.45) is 9.96. The number of nitrogens with two attached hydrogens (primary N) is 1. The van der Waals surface area contributed by atoms with Crippen LogP contribution in [0, 0.1) is 0 Å². The van der Waals surface area contributed by atoms with Crippen molar-refractivity contribution < 1.29 is 14.3 Å². The lowest BCUT2D eigenvalue weighted by molar-refractivity contribution is -0.123. The standard InChI is InChI=1S/C42H59ClN4O3/c1-30(46-39(48)38(44)23-15-16-28-45-40(49)50-41(3,4)5)29-31(2)47-42(34-19-11-8-12-20-34,36-21-13-14-22-37(36)43)35-26-24-33(25-27-35)32-17-9-6-7-10-18-32/h8,11-14,19-22,24-27,30-32,38,47H,6-7,9-10,15-18,23,28-29,44H2,1-5H3,(H,45,49)(H,46,48)/t30?,31?,38-,42?/m1/s1. The van der Waals surface area contributed by atoms with E-state index in [-0.39, 0.29) is 18.0 Å². The molecule has 3 aromatic rings. The summed E-state index contributed by atoms with van der Waals surface area (Å²) in [4.78, 5) is 24.9. The van der Waals surface area contributed by atoms with Crippen LogP contribution < -0.4 is 21.7 Å². The van der Waals surface area contributed by atoms with Crippen molar-refractivity contribution in [1.29, 1.82) is 0 Å². The molecule has 8 heteroatoms. The molecule has 0 bridgehead atoms. The number of benzene rings is 3. The fourth-order valence-electron chi connectivity index (χ4n) is 7.29. The Morgan fingerprint density at radius 3 is 2.10 bits per heavy atom. The highest BCUT2D eigenvalue weighted by molar-refractivity contribution is 6.31. The maximum atomic E-state index is 13.1. The molecule has 1 aliphatic rings. The van der Waals surface area contributed by atoms with Crippen LogP contribution in [0.25, 0.3) is 0 Å². The third-order valence-electron chi connectivity index (χ3n) is 9.66. The molecular formula is C42H59ClN4O3. The smallest absolute Gasteiger partial charge is 0.407 e. The Morgan fingerprint density at radius 1 is 0.840 bits per heavy atom. The summed E-state index contributed by atoms with van der Waals surface area (Å²) in [5.41, 5.74) is 9.65. The molecule has 3 aromatic carbocycles. The number of rotatable bonds is 15. The van der Waals surface area contributed by atoms with Crippen LogP contribution in [0.15, 0.2) is 78.9 Å². The number of carbonyl (C=O) groups is 2. The predicted octanol–water partition coefficient (Wildman–Crippen LogP) is 8.96. The summed E-state index contributed by atoms with van der Waals surface area (Å²) in [7, 11) is 0. The van der Waals surface area contributed by atoms with E-state index < -0.39 is 23.3 Å². The molecule has 3 unspecified atom stereocenters. The molecule has 0 aliphatic heterocycles. The number of nitrogens with one attached hydrogen (secondary N) is 3. The van der Waals surface area contributed by atoms with E-state index in [0.717, 1.165) is 16.7 Å². The normalized spacial score (nSPS) is 17.1. The first-order chi connectivity index (χ1) is 23.9. The minimum atomic E-state index is -0.728. The van der Waals surface area contributed by atoms with Gasteiger partial charge in [-0.2, -0.15) is 0 Å². The van der Waals surface area contributed by atoms with Crippen molar-refractivity contribution in [2.45, 2.75) is 134 Å². The Labute approximate surface area is 305 Å². The van der Waals surface area contributed by atoms with Gasteiger partial charge >= 0.3 is 6.09 Å². The van der Waals surface area contributed by atoms with Gasteiger partial charge in [-0.15, -0.1) is 0 Å². The van der Waals surface area contributed by atoms with Crippen LogP contribution >= 0.6 is 11.6 Å². The second-order valence-electron chi connectivity index (χ2n) is 15.1. The van der Waals surface area contributed by atoms with Gasteiger partial charge in [0.2, 0.25) is 5.91 Å². The summed E-state index contributed by atoms with van der Waals surface area (Å²) < 4.78 is 5.27. The Hall–Kier alpha value is -3.39. The highest BCUT2D eigenvalue weighted by Crippen LogP contribution is 2.42. The Balaban J connectivity index is 1.46. The minimum absolute atomic E-state index is 0.0153. The van der Waals surface area contributed by atoms with E-state index >= 15 is 0 Å². The number of amides is 2. The number of ether oxygens (including phenoxy) is 1. The van der Waals surface area contributed by atoms with E-state index in [2.05, 4.69) is 77.5 Å². The Kier molecular flexibility index (Phi) is 14.8. The van der Waals surface area contributed by atoms with Gasteiger partial charge in [0.1, 0.15) is 5.60 Å². The quantitative estimate of drug-likeness (QED) is 0.0719. The molecule has 7 nitrogen and oxygen atoms in total. The van der Waals surface area contributed by atoms with Crippen LogP contribution in [0.3, 0.4) is 0 Å². The van der Waals surface area contributed by atoms with Crippen molar-refractivity contribution in [3.8, 4) is 0 Å². The SMILES string of the molecule is CC(CC(C)NC(c1ccccc1)(c1ccc(C2CCCCCC2)cc1)c1ccccc1Cl)NC(=O)[C@H](N)CCCCNC(=O)OC(C)(C)C. The molecule has 2 amide bonds. The fourth-order valence-corrected chi connectivity index (χ4v) is 7.56. The number of unbranched alkanes of at least 4 members (excludes halogenated alkanes) is 1. The van der Waals surface area contributed by atoms with Gasteiger partial charge in [0, 0.05) is 23.7 Å². The number of alkyl carbamates (subject to hydrolysis) is 1. The van der Waals surface area contributed by atoms with Crippen LogP contribution in [0.4, 0.5) is 4.79 Å². The second kappa shape index (κ2) is 18.7. The van der Waals surface area contributed by atoms with E-state index in [9.17, 15) is 9.59 Å². The minimum Gasteiger partial charge on any atom is -0.444 e. The van der Waals surface area contributed by atoms with Gasteiger partial charge in [-0.1, -0.05) is 110 Å². The lowest BCUT2D eigenvalue weighted by Gasteiger charge is -2.40. The molecule has 5 N–H and O–H groups in total. The van der Waals surface area contributed by atoms with Crippen LogP contribution in [-0.2, 0) is 15.1 Å². The van der Waals surface area contributed by atoms with E-state index in [1.54, 1.807) is 0 Å². The third-order valence-corrected chi connectivity index (χ3v) is 9.99. The zero-order valence-corrected chi connectivity index (χ0v) is 31.5. The van der Waals surface area contributed by atoms with Crippen LogP contribution in [0.5, 0.6) is 0 Å². The average Bonchev–Trinajstić information content (AvgIpc) is 3.37. The average molecular weight is 703 g/mol. The summed E-state index contributed by atoms with van der Waals surface area (Å²) in [5, 5.41) is 10.6. The Morgan fingerprint density at radius 2 is 1.46 bits per heavy atom. The molecule has 0 spiro atoms. The maximum Gasteiger partial charge on any atom is 0.407 e. The van der Waals surface area contributed by atoms with E-state index in [1.165, 1.54) is 44.1 Å². The first-order valence-electron chi connectivity index (χ1n) is 18.6. The van der Waals surface area contributed by atoms with Crippen molar-refractivity contribution in [1.82, 2.24) is 16.0 Å². The summed E-state index contributed by atoms with van der Waals surface area (Å²) in [6.45, 7) is 10.1. The van der Waals surface area contributed by atoms with Crippen LogP contribution in [0.2, 0.25) is 5.02 Å². The molecule has 0 aromatic heterocycles. The molecular weight excluding hydrogens is 644 g/mol. The van der Waals surface area contributed by atoms with Gasteiger partial charge in [0.25, 0.3) is 0 Å². The summed E-state index contributed by atoms with van der Waals surface area (Å²) in [6, 6.07) is 27.0. The lowest BCUT2D eigenvalue weighted by Crippen LogP contribution is -2.51. The zero-order valence-electron chi connectivity index (χ0n) is 30.8. The third kappa shape index (κ3) is 11.3. The summed E-state index contributed by atoms with van der Waals surface area (Å²) in [5.74, 6) is 0.439. The molecule has 0 saturated heterocycles. The van der Waals surface area contributed by atoms with Gasteiger partial charge in [0.05, 0.1) is 11.6 Å². The van der Waals surface area contributed by atoms with Gasteiger partial charge < -0.3 is 21.1 Å². The molecule has 1 aliphatic carbocycles. The fraction of sp³-hybridized carbons (Fsp3) is 0.524. The first-order valence-corrected chi connectivity index (χ1v) is 19.0. The van der Waals surface area contributed by atoms with Crippen molar-refractivity contribution >= 4 is 23.6 Å². The van der Waals surface area contributed by atoms with E-state index in [4.69, 9.17) is 22.1 Å².